The number of nitrogens with zero attached hydrogens (tertiary/aromatic N) is 1. The highest BCUT2D eigenvalue weighted by atomic mass is 79.9. The van der Waals surface area contributed by atoms with Gasteiger partial charge in [0.1, 0.15) is 11.0 Å². The molecular weight excluding hydrogens is 508 g/mol. The van der Waals surface area contributed by atoms with E-state index in [1.54, 1.807) is 12.1 Å². The van der Waals surface area contributed by atoms with Crippen LogP contribution in [0.2, 0.25) is 0 Å². The molecule has 1 aromatic carbocycles. The molecule has 0 saturated carbocycles. The highest BCUT2D eigenvalue weighted by molar-refractivity contribution is 9.10. The molecule has 3 rings (SSSR count). The Kier molecular flexibility index (Phi) is 8.02. The fraction of sp³-hybridized carbons (Fsp3) is 0.364. The number of hydrogen-bond acceptors (Lipinski definition) is 5. The van der Waals surface area contributed by atoms with Crippen LogP contribution in [0.1, 0.15) is 33.0 Å². The lowest BCUT2D eigenvalue weighted by molar-refractivity contribution is -0.0930. The standard InChI is InChI=1S/C22H22BrF2NO5S/c23-15-4-1-3-14(13-15)22(24,25)19(27)9-6-16-10-12-31-21(30)26(16)11-2-5-17-7-8-18(32-17)20(28)29/h1,3-4,6-9,13,16,19,27H,2,5,10-12H2,(H,28,29). The van der Waals surface area contributed by atoms with Gasteiger partial charge in [-0.2, -0.15) is 8.78 Å². The van der Waals surface area contributed by atoms with Crippen LogP contribution in [0.4, 0.5) is 13.6 Å². The number of cyclic esters (lactones) is 1. The summed E-state index contributed by atoms with van der Waals surface area (Å²) in [5, 5.41) is 19.1. The number of carbonyl (C=O) groups excluding carboxylic acids is 1. The van der Waals surface area contributed by atoms with Crippen molar-refractivity contribution in [1.82, 2.24) is 4.90 Å². The Hall–Kier alpha value is -2.30. The van der Waals surface area contributed by atoms with Gasteiger partial charge < -0.3 is 19.8 Å². The van der Waals surface area contributed by atoms with E-state index in [1.165, 1.54) is 46.6 Å². The van der Waals surface area contributed by atoms with Gasteiger partial charge in [0.25, 0.3) is 0 Å². The molecule has 1 saturated heterocycles. The summed E-state index contributed by atoms with van der Waals surface area (Å²) in [5.41, 5.74) is -0.319. The topological polar surface area (TPSA) is 87.1 Å². The van der Waals surface area contributed by atoms with Crippen molar-refractivity contribution in [1.29, 1.82) is 0 Å². The van der Waals surface area contributed by atoms with Crippen LogP contribution in [0, 0.1) is 0 Å². The third kappa shape index (κ3) is 5.93. The number of aryl methyl sites for hydroxylation is 1. The average molecular weight is 530 g/mol. The number of hydrogen-bond donors (Lipinski definition) is 2. The minimum atomic E-state index is -3.50. The molecule has 2 heterocycles. The van der Waals surface area contributed by atoms with Crippen LogP contribution in [-0.4, -0.2) is 52.5 Å². The van der Waals surface area contributed by atoms with E-state index in [2.05, 4.69) is 15.9 Å². The molecule has 0 bridgehead atoms. The lowest BCUT2D eigenvalue weighted by atomic mass is 10.0. The lowest BCUT2D eigenvalue weighted by Gasteiger charge is -2.33. The highest BCUT2D eigenvalue weighted by Crippen LogP contribution is 2.34. The second-order valence-electron chi connectivity index (χ2n) is 7.30. The summed E-state index contributed by atoms with van der Waals surface area (Å²) in [7, 11) is 0. The van der Waals surface area contributed by atoms with Crippen molar-refractivity contribution in [3.8, 4) is 0 Å². The van der Waals surface area contributed by atoms with Crippen LogP contribution in [0.25, 0.3) is 0 Å². The van der Waals surface area contributed by atoms with Crippen molar-refractivity contribution in [3.05, 3.63) is 68.3 Å². The monoisotopic (exact) mass is 529 g/mol. The van der Waals surface area contributed by atoms with Crippen molar-refractivity contribution in [2.45, 2.75) is 37.3 Å². The van der Waals surface area contributed by atoms with Crippen LogP contribution in [0.5, 0.6) is 0 Å². The SMILES string of the molecule is O=C(O)c1ccc(CCCN2C(=O)OCCC2C=CC(O)C(F)(F)c2cccc(Br)c2)s1. The molecule has 1 fully saturated rings. The highest BCUT2D eigenvalue weighted by Gasteiger charge is 2.39. The van der Waals surface area contributed by atoms with Crippen molar-refractivity contribution in [2.75, 3.05) is 13.2 Å². The molecule has 1 aliphatic heterocycles. The molecule has 2 aromatic rings. The van der Waals surface area contributed by atoms with Crippen LogP contribution in [0.15, 0.2) is 53.0 Å². The third-order valence-electron chi connectivity index (χ3n) is 5.07. The van der Waals surface area contributed by atoms with Crippen molar-refractivity contribution >= 4 is 39.3 Å². The minimum absolute atomic E-state index is 0.162. The summed E-state index contributed by atoms with van der Waals surface area (Å²) in [4.78, 5) is 25.8. The Morgan fingerprint density at radius 1 is 1.38 bits per heavy atom. The summed E-state index contributed by atoms with van der Waals surface area (Å²) in [6.07, 6.45) is 1.38. The zero-order chi connectivity index (χ0) is 23.3. The molecule has 2 N–H and O–H groups in total. The van der Waals surface area contributed by atoms with Gasteiger partial charge in [0.2, 0.25) is 0 Å². The maximum Gasteiger partial charge on any atom is 0.410 e. The van der Waals surface area contributed by atoms with Gasteiger partial charge in [-0.15, -0.1) is 11.3 Å². The molecule has 6 nitrogen and oxygen atoms in total. The minimum Gasteiger partial charge on any atom is -0.477 e. The number of aliphatic hydroxyl groups is 1. The van der Waals surface area contributed by atoms with E-state index in [1.807, 2.05) is 0 Å². The second-order valence-corrected chi connectivity index (χ2v) is 9.39. The van der Waals surface area contributed by atoms with Gasteiger partial charge in [-0.1, -0.05) is 40.2 Å². The van der Waals surface area contributed by atoms with E-state index in [0.717, 1.165) is 11.0 Å². The van der Waals surface area contributed by atoms with Gasteiger partial charge in [0, 0.05) is 27.9 Å². The molecule has 0 radical (unpaired) electrons. The average Bonchev–Trinajstić information content (AvgIpc) is 3.23. The normalized spacial score (nSPS) is 18.1. The summed E-state index contributed by atoms with van der Waals surface area (Å²) in [6.45, 7) is 0.474. The number of rotatable bonds is 9. The first-order valence-corrected chi connectivity index (χ1v) is 11.5. The Balaban J connectivity index is 1.63. The van der Waals surface area contributed by atoms with E-state index in [0.29, 0.717) is 30.3 Å². The maximum absolute atomic E-state index is 14.6. The van der Waals surface area contributed by atoms with E-state index < -0.39 is 30.1 Å². The molecular formula is C22H22BrF2NO5S. The molecule has 2 unspecified atom stereocenters. The van der Waals surface area contributed by atoms with Gasteiger partial charge in [0.05, 0.1) is 12.6 Å². The molecule has 32 heavy (non-hydrogen) atoms. The van der Waals surface area contributed by atoms with Gasteiger partial charge in [0.15, 0.2) is 0 Å². The molecule has 1 aromatic heterocycles. The lowest BCUT2D eigenvalue weighted by Crippen LogP contribution is -2.45. The number of carboxylic acids is 1. The Morgan fingerprint density at radius 3 is 2.84 bits per heavy atom. The van der Waals surface area contributed by atoms with E-state index in [4.69, 9.17) is 9.84 Å². The first-order chi connectivity index (χ1) is 15.2. The molecule has 1 aliphatic rings. The molecule has 10 heteroatoms. The predicted molar refractivity (Wildman–Crippen MR) is 119 cm³/mol. The molecule has 0 spiro atoms. The summed E-state index contributed by atoms with van der Waals surface area (Å²) in [5.74, 6) is -4.48. The summed E-state index contributed by atoms with van der Waals surface area (Å²) >= 11 is 4.33. The van der Waals surface area contributed by atoms with E-state index >= 15 is 0 Å². The van der Waals surface area contributed by atoms with Crippen molar-refractivity contribution in [2.24, 2.45) is 0 Å². The van der Waals surface area contributed by atoms with Crippen molar-refractivity contribution < 1.29 is 33.3 Å². The third-order valence-corrected chi connectivity index (χ3v) is 6.69. The van der Waals surface area contributed by atoms with Gasteiger partial charge >= 0.3 is 18.0 Å². The number of amides is 1. The Morgan fingerprint density at radius 2 is 2.16 bits per heavy atom. The van der Waals surface area contributed by atoms with Gasteiger partial charge in [-0.25, -0.2) is 9.59 Å². The van der Waals surface area contributed by atoms with Crippen LogP contribution < -0.4 is 0 Å². The second kappa shape index (κ2) is 10.5. The zero-order valence-corrected chi connectivity index (χ0v) is 19.3. The number of aliphatic hydroxyl groups excluding tert-OH is 1. The number of thiophene rings is 1. The van der Waals surface area contributed by atoms with E-state index in [-0.39, 0.29) is 17.0 Å². The number of carbonyl (C=O) groups is 2. The molecule has 2 atom stereocenters. The first-order valence-electron chi connectivity index (χ1n) is 9.94. The number of ether oxygens (including phenoxy) is 1. The number of benzene rings is 1. The zero-order valence-electron chi connectivity index (χ0n) is 16.9. The van der Waals surface area contributed by atoms with E-state index in [9.17, 15) is 23.5 Å². The quantitative estimate of drug-likeness (QED) is 0.443. The summed E-state index contributed by atoms with van der Waals surface area (Å²) in [6, 6.07) is 8.37. The number of halogens is 3. The smallest absolute Gasteiger partial charge is 0.410 e. The predicted octanol–water partition coefficient (Wildman–Crippen LogP) is 5.06. The van der Waals surface area contributed by atoms with Crippen LogP contribution >= 0.6 is 27.3 Å². The van der Waals surface area contributed by atoms with Crippen LogP contribution in [-0.2, 0) is 17.1 Å². The van der Waals surface area contributed by atoms with Gasteiger partial charge in [-0.3, -0.25) is 0 Å². The number of carboxylic acid groups (broad SMARTS) is 1. The Bertz CT molecular complexity index is 996. The maximum atomic E-state index is 14.6. The fourth-order valence-corrected chi connectivity index (χ4v) is 4.66. The molecule has 1 amide bonds. The summed E-state index contributed by atoms with van der Waals surface area (Å²) < 4.78 is 34.8. The van der Waals surface area contributed by atoms with Crippen molar-refractivity contribution in [3.63, 3.8) is 0 Å². The first kappa shape index (κ1) is 24.3. The fourth-order valence-electron chi connectivity index (χ4n) is 3.37. The largest absolute Gasteiger partial charge is 0.477 e. The van der Waals surface area contributed by atoms with Crippen LogP contribution in [0.3, 0.4) is 0 Å². The number of aromatic carboxylic acids is 1. The Labute approximate surface area is 196 Å². The van der Waals surface area contributed by atoms with Gasteiger partial charge in [-0.05, 0) is 37.1 Å². The molecule has 172 valence electrons. The molecule has 0 aliphatic carbocycles. The number of alkyl halides is 2.